The molecule has 1 rings (SSSR count). The number of hydrogen-bond acceptors (Lipinski definition) is 4. The number of hydrogen-bond donors (Lipinski definition) is 1. The van der Waals surface area contributed by atoms with Gasteiger partial charge in [0, 0.05) is 6.54 Å². The zero-order chi connectivity index (χ0) is 10.4. The molecule has 0 amide bonds. The number of thioether (sulfide) groups is 1. The van der Waals surface area contributed by atoms with Gasteiger partial charge >= 0.3 is 0 Å². The largest absolute Gasteiger partial charge is 0.325 e. The van der Waals surface area contributed by atoms with E-state index >= 15 is 0 Å². The number of nitrogens with two attached hydrogens (primary N) is 1. The summed E-state index contributed by atoms with van der Waals surface area (Å²) < 4.78 is 0. The molecule has 78 valence electrons. The minimum atomic E-state index is 0.462. The standard InChI is InChI=1S/C10H17N3S/c1-8(2)3-4-14-10-7-12-9(5-11)6-13-10/h6-8H,3-5,11H2,1-2H3. The summed E-state index contributed by atoms with van der Waals surface area (Å²) in [6.45, 7) is 4.91. The zero-order valence-electron chi connectivity index (χ0n) is 8.73. The van der Waals surface area contributed by atoms with Gasteiger partial charge in [-0.3, -0.25) is 4.98 Å². The van der Waals surface area contributed by atoms with Gasteiger partial charge in [0.1, 0.15) is 5.03 Å². The maximum absolute atomic E-state index is 5.43. The van der Waals surface area contributed by atoms with Gasteiger partial charge in [-0.1, -0.05) is 13.8 Å². The van der Waals surface area contributed by atoms with E-state index in [1.165, 1.54) is 6.42 Å². The Balaban J connectivity index is 2.36. The normalized spacial score (nSPS) is 10.9. The SMILES string of the molecule is CC(C)CCSc1cnc(CN)cn1. The number of rotatable bonds is 5. The molecule has 0 saturated carbocycles. The van der Waals surface area contributed by atoms with Crippen molar-refractivity contribution in [1.82, 2.24) is 9.97 Å². The molecule has 14 heavy (non-hydrogen) atoms. The van der Waals surface area contributed by atoms with Gasteiger partial charge in [0.2, 0.25) is 0 Å². The van der Waals surface area contributed by atoms with E-state index in [9.17, 15) is 0 Å². The third kappa shape index (κ3) is 4.07. The van der Waals surface area contributed by atoms with Crippen molar-refractivity contribution in [3.05, 3.63) is 18.1 Å². The fourth-order valence-corrected chi connectivity index (χ4v) is 1.97. The van der Waals surface area contributed by atoms with Crippen LogP contribution in [-0.4, -0.2) is 15.7 Å². The molecule has 4 heteroatoms. The Labute approximate surface area is 89.5 Å². The van der Waals surface area contributed by atoms with Crippen molar-refractivity contribution in [3.63, 3.8) is 0 Å². The van der Waals surface area contributed by atoms with Crippen LogP contribution in [0.15, 0.2) is 17.4 Å². The molecule has 0 atom stereocenters. The second kappa shape index (κ2) is 5.98. The first-order chi connectivity index (χ1) is 6.72. The second-order valence-corrected chi connectivity index (χ2v) is 4.70. The van der Waals surface area contributed by atoms with Gasteiger partial charge in [-0.2, -0.15) is 0 Å². The van der Waals surface area contributed by atoms with Gasteiger partial charge in [-0.15, -0.1) is 11.8 Å². The summed E-state index contributed by atoms with van der Waals surface area (Å²) in [7, 11) is 0. The molecule has 0 aliphatic heterocycles. The van der Waals surface area contributed by atoms with Gasteiger partial charge in [0.25, 0.3) is 0 Å². The molecule has 0 bridgehead atoms. The topological polar surface area (TPSA) is 51.8 Å². The van der Waals surface area contributed by atoms with Gasteiger partial charge < -0.3 is 5.73 Å². The molecule has 0 aliphatic rings. The summed E-state index contributed by atoms with van der Waals surface area (Å²) in [6, 6.07) is 0. The molecule has 0 aliphatic carbocycles. The third-order valence-corrected chi connectivity index (χ3v) is 2.78. The van der Waals surface area contributed by atoms with Crippen molar-refractivity contribution in [3.8, 4) is 0 Å². The Hall–Kier alpha value is -0.610. The van der Waals surface area contributed by atoms with Gasteiger partial charge in [0.15, 0.2) is 0 Å². The summed E-state index contributed by atoms with van der Waals surface area (Å²) in [5, 5.41) is 0.989. The Bertz CT molecular complexity index is 259. The van der Waals surface area contributed by atoms with Gasteiger partial charge in [-0.25, -0.2) is 4.98 Å². The molecular formula is C10H17N3S. The third-order valence-electron chi connectivity index (χ3n) is 1.84. The Morgan fingerprint density at radius 3 is 2.64 bits per heavy atom. The fraction of sp³-hybridized carbons (Fsp3) is 0.600. The molecule has 0 radical (unpaired) electrons. The minimum Gasteiger partial charge on any atom is -0.325 e. The van der Waals surface area contributed by atoms with Crippen LogP contribution in [0.4, 0.5) is 0 Å². The lowest BCUT2D eigenvalue weighted by Crippen LogP contribution is -2.00. The molecule has 1 aromatic heterocycles. The second-order valence-electron chi connectivity index (χ2n) is 3.58. The van der Waals surface area contributed by atoms with Gasteiger partial charge in [0.05, 0.1) is 18.1 Å². The van der Waals surface area contributed by atoms with Crippen LogP contribution < -0.4 is 5.73 Å². The van der Waals surface area contributed by atoms with Gasteiger partial charge in [-0.05, 0) is 18.1 Å². The fourth-order valence-electron chi connectivity index (χ4n) is 0.922. The first-order valence-corrected chi connectivity index (χ1v) is 5.84. The van der Waals surface area contributed by atoms with E-state index in [1.54, 1.807) is 24.2 Å². The van der Waals surface area contributed by atoms with E-state index in [0.29, 0.717) is 6.54 Å². The summed E-state index contributed by atoms with van der Waals surface area (Å²) in [5.41, 5.74) is 6.28. The lowest BCUT2D eigenvalue weighted by molar-refractivity contribution is 0.632. The minimum absolute atomic E-state index is 0.462. The molecule has 0 unspecified atom stereocenters. The van der Waals surface area contributed by atoms with Crippen LogP contribution in [0.5, 0.6) is 0 Å². The molecule has 0 spiro atoms. The van der Waals surface area contributed by atoms with Crippen molar-refractivity contribution < 1.29 is 0 Å². The summed E-state index contributed by atoms with van der Waals surface area (Å²) in [4.78, 5) is 8.45. The van der Waals surface area contributed by atoms with Crippen LogP contribution in [0.1, 0.15) is 26.0 Å². The summed E-state index contributed by atoms with van der Waals surface area (Å²) in [5.74, 6) is 1.85. The maximum Gasteiger partial charge on any atom is 0.114 e. The molecule has 0 fully saturated rings. The van der Waals surface area contributed by atoms with Crippen molar-refractivity contribution in [2.45, 2.75) is 31.8 Å². The monoisotopic (exact) mass is 211 g/mol. The highest BCUT2D eigenvalue weighted by Crippen LogP contribution is 2.16. The van der Waals surface area contributed by atoms with Crippen LogP contribution in [-0.2, 0) is 6.54 Å². The van der Waals surface area contributed by atoms with Crippen molar-refractivity contribution in [2.24, 2.45) is 11.7 Å². The Kier molecular flexibility index (Phi) is 4.90. The van der Waals surface area contributed by atoms with Crippen molar-refractivity contribution in [2.75, 3.05) is 5.75 Å². The first kappa shape index (κ1) is 11.5. The predicted octanol–water partition coefficient (Wildman–Crippen LogP) is 2.07. The number of aromatic nitrogens is 2. The Morgan fingerprint density at radius 2 is 2.14 bits per heavy atom. The summed E-state index contributed by atoms with van der Waals surface area (Å²) in [6.07, 6.45) is 4.76. The van der Waals surface area contributed by atoms with Crippen LogP contribution in [0, 0.1) is 5.92 Å². The molecule has 1 heterocycles. The molecule has 0 aromatic carbocycles. The van der Waals surface area contributed by atoms with E-state index in [-0.39, 0.29) is 0 Å². The van der Waals surface area contributed by atoms with E-state index in [1.807, 2.05) is 0 Å². The van der Waals surface area contributed by atoms with Crippen LogP contribution in [0.2, 0.25) is 0 Å². The lowest BCUT2D eigenvalue weighted by atomic mass is 10.2. The van der Waals surface area contributed by atoms with Crippen molar-refractivity contribution in [1.29, 1.82) is 0 Å². The highest BCUT2D eigenvalue weighted by Gasteiger charge is 1.98. The van der Waals surface area contributed by atoms with E-state index in [4.69, 9.17) is 5.73 Å². The highest BCUT2D eigenvalue weighted by atomic mass is 32.2. The average molecular weight is 211 g/mol. The molecular weight excluding hydrogens is 194 g/mol. The Morgan fingerprint density at radius 1 is 1.36 bits per heavy atom. The summed E-state index contributed by atoms with van der Waals surface area (Å²) >= 11 is 1.75. The molecule has 2 N–H and O–H groups in total. The van der Waals surface area contributed by atoms with E-state index < -0.39 is 0 Å². The quantitative estimate of drug-likeness (QED) is 0.758. The highest BCUT2D eigenvalue weighted by molar-refractivity contribution is 7.99. The van der Waals surface area contributed by atoms with Crippen molar-refractivity contribution >= 4 is 11.8 Å². The molecule has 0 saturated heterocycles. The lowest BCUT2D eigenvalue weighted by Gasteiger charge is -2.03. The average Bonchev–Trinajstić information content (AvgIpc) is 2.18. The predicted molar refractivity (Wildman–Crippen MR) is 60.1 cm³/mol. The van der Waals surface area contributed by atoms with Crippen LogP contribution in [0.3, 0.4) is 0 Å². The molecule has 1 aromatic rings. The van der Waals surface area contributed by atoms with E-state index in [2.05, 4.69) is 23.8 Å². The number of nitrogens with zero attached hydrogens (tertiary/aromatic N) is 2. The first-order valence-electron chi connectivity index (χ1n) is 4.86. The molecule has 3 nitrogen and oxygen atoms in total. The zero-order valence-corrected chi connectivity index (χ0v) is 9.55. The smallest absolute Gasteiger partial charge is 0.114 e. The van der Waals surface area contributed by atoms with Crippen LogP contribution in [0.25, 0.3) is 0 Å². The maximum atomic E-state index is 5.43. The van der Waals surface area contributed by atoms with Crippen LogP contribution >= 0.6 is 11.8 Å². The van der Waals surface area contributed by atoms with E-state index in [0.717, 1.165) is 22.4 Å².